The van der Waals surface area contributed by atoms with Crippen LogP contribution in [0.15, 0.2) is 30.3 Å². The number of aryl methyl sites for hydroxylation is 1. The summed E-state index contributed by atoms with van der Waals surface area (Å²) < 4.78 is 32.0. The zero-order valence-corrected chi connectivity index (χ0v) is 11.8. The van der Waals surface area contributed by atoms with E-state index in [-0.39, 0.29) is 6.54 Å². The van der Waals surface area contributed by atoms with Crippen LogP contribution in [0.1, 0.15) is 16.7 Å². The van der Waals surface area contributed by atoms with Crippen molar-refractivity contribution < 1.29 is 13.5 Å². The molecule has 0 atom stereocenters. The minimum Gasteiger partial charge on any atom is -0.496 e. The molecular weight excluding hydrogens is 260 g/mol. The lowest BCUT2D eigenvalue weighted by Gasteiger charge is -2.15. The highest BCUT2D eigenvalue weighted by Crippen LogP contribution is 2.29. The summed E-state index contributed by atoms with van der Waals surface area (Å²) in [5, 5.41) is 3.11. The van der Waals surface area contributed by atoms with E-state index in [1.165, 1.54) is 6.07 Å². The Bertz CT molecular complexity index is 626. The van der Waals surface area contributed by atoms with Gasteiger partial charge in [0.1, 0.15) is 5.75 Å². The Morgan fingerprint density at radius 2 is 1.85 bits per heavy atom. The highest BCUT2D eigenvalue weighted by Gasteiger charge is 2.10. The second-order valence-corrected chi connectivity index (χ2v) is 4.65. The molecule has 0 aliphatic heterocycles. The number of ether oxygens (including phenoxy) is 1. The summed E-state index contributed by atoms with van der Waals surface area (Å²) in [6.07, 6.45) is 0. The molecule has 0 aliphatic carbocycles. The molecule has 2 rings (SSSR count). The van der Waals surface area contributed by atoms with Crippen molar-refractivity contribution in [2.45, 2.75) is 20.4 Å². The summed E-state index contributed by atoms with van der Waals surface area (Å²) in [5.41, 5.74) is 3.12. The van der Waals surface area contributed by atoms with E-state index < -0.39 is 11.6 Å². The van der Waals surface area contributed by atoms with E-state index in [0.717, 1.165) is 28.6 Å². The second-order valence-electron chi connectivity index (χ2n) is 4.65. The minimum absolute atomic E-state index is 0.219. The van der Waals surface area contributed by atoms with Gasteiger partial charge in [0.15, 0.2) is 11.6 Å². The number of halogens is 2. The van der Waals surface area contributed by atoms with Gasteiger partial charge >= 0.3 is 0 Å². The lowest BCUT2D eigenvalue weighted by Crippen LogP contribution is -2.05. The molecule has 0 fully saturated rings. The molecule has 20 heavy (non-hydrogen) atoms. The SMILES string of the molecule is COc1c(C)ccc(NCc2cccc(F)c2F)c1C. The van der Waals surface area contributed by atoms with Crippen LogP contribution in [-0.2, 0) is 6.54 Å². The van der Waals surface area contributed by atoms with Gasteiger partial charge in [0.2, 0.25) is 0 Å². The van der Waals surface area contributed by atoms with Gasteiger partial charge < -0.3 is 10.1 Å². The van der Waals surface area contributed by atoms with E-state index in [2.05, 4.69) is 5.32 Å². The molecule has 1 N–H and O–H groups in total. The molecule has 2 aromatic carbocycles. The van der Waals surface area contributed by atoms with Crippen LogP contribution in [0.2, 0.25) is 0 Å². The van der Waals surface area contributed by atoms with Crippen molar-refractivity contribution in [3.05, 3.63) is 58.7 Å². The first-order chi connectivity index (χ1) is 9.54. The first-order valence-corrected chi connectivity index (χ1v) is 6.35. The molecular formula is C16H17F2NO. The van der Waals surface area contributed by atoms with Gasteiger partial charge in [0.05, 0.1) is 7.11 Å². The largest absolute Gasteiger partial charge is 0.496 e. The van der Waals surface area contributed by atoms with Crippen molar-refractivity contribution in [2.24, 2.45) is 0 Å². The van der Waals surface area contributed by atoms with Crippen molar-refractivity contribution in [3.63, 3.8) is 0 Å². The number of rotatable bonds is 4. The fraction of sp³-hybridized carbons (Fsp3) is 0.250. The smallest absolute Gasteiger partial charge is 0.163 e. The molecule has 0 heterocycles. The van der Waals surface area contributed by atoms with Crippen LogP contribution >= 0.6 is 0 Å². The third kappa shape index (κ3) is 2.74. The van der Waals surface area contributed by atoms with E-state index in [4.69, 9.17) is 4.74 Å². The van der Waals surface area contributed by atoms with Crippen LogP contribution in [-0.4, -0.2) is 7.11 Å². The molecule has 0 spiro atoms. The normalized spacial score (nSPS) is 10.4. The lowest BCUT2D eigenvalue weighted by molar-refractivity contribution is 0.409. The summed E-state index contributed by atoms with van der Waals surface area (Å²) in [7, 11) is 1.62. The molecule has 0 unspecified atom stereocenters. The Morgan fingerprint density at radius 1 is 1.10 bits per heavy atom. The number of nitrogens with one attached hydrogen (secondary N) is 1. The maximum absolute atomic E-state index is 13.6. The molecule has 0 radical (unpaired) electrons. The van der Waals surface area contributed by atoms with Crippen molar-refractivity contribution in [1.29, 1.82) is 0 Å². The summed E-state index contributed by atoms with van der Waals surface area (Å²) in [6.45, 7) is 4.11. The molecule has 0 aliphatic rings. The lowest BCUT2D eigenvalue weighted by atomic mass is 10.1. The van der Waals surface area contributed by atoms with E-state index in [9.17, 15) is 8.78 Å². The molecule has 0 saturated heterocycles. The molecule has 106 valence electrons. The first kappa shape index (κ1) is 14.3. The number of anilines is 1. The van der Waals surface area contributed by atoms with Gasteiger partial charge in [0.25, 0.3) is 0 Å². The van der Waals surface area contributed by atoms with E-state index in [0.29, 0.717) is 5.56 Å². The molecule has 0 amide bonds. The van der Waals surface area contributed by atoms with Gasteiger partial charge in [-0.1, -0.05) is 18.2 Å². The van der Waals surface area contributed by atoms with Crippen molar-refractivity contribution >= 4 is 5.69 Å². The first-order valence-electron chi connectivity index (χ1n) is 6.35. The highest BCUT2D eigenvalue weighted by atomic mass is 19.2. The molecule has 2 aromatic rings. The van der Waals surface area contributed by atoms with Crippen molar-refractivity contribution in [3.8, 4) is 5.75 Å². The van der Waals surface area contributed by atoms with Crippen LogP contribution < -0.4 is 10.1 Å². The number of hydrogen-bond acceptors (Lipinski definition) is 2. The number of hydrogen-bond donors (Lipinski definition) is 1. The Hall–Kier alpha value is -2.10. The Kier molecular flexibility index (Phi) is 4.23. The van der Waals surface area contributed by atoms with Gasteiger partial charge in [-0.3, -0.25) is 0 Å². The monoisotopic (exact) mass is 277 g/mol. The number of benzene rings is 2. The fourth-order valence-electron chi connectivity index (χ4n) is 2.21. The van der Waals surface area contributed by atoms with Gasteiger partial charge in [-0.15, -0.1) is 0 Å². The Labute approximate surface area is 117 Å². The summed E-state index contributed by atoms with van der Waals surface area (Å²) in [5.74, 6) is -0.839. The minimum atomic E-state index is -0.831. The quantitative estimate of drug-likeness (QED) is 0.904. The molecule has 0 aromatic heterocycles. The van der Waals surface area contributed by atoms with Gasteiger partial charge in [0, 0.05) is 23.4 Å². The summed E-state index contributed by atoms with van der Waals surface area (Å²) >= 11 is 0. The Balaban J connectivity index is 2.21. The maximum atomic E-state index is 13.6. The van der Waals surface area contributed by atoms with Crippen LogP contribution in [0.4, 0.5) is 14.5 Å². The summed E-state index contributed by atoms with van der Waals surface area (Å²) in [6, 6.07) is 8.00. The fourth-order valence-corrected chi connectivity index (χ4v) is 2.21. The van der Waals surface area contributed by atoms with E-state index >= 15 is 0 Å². The predicted octanol–water partition coefficient (Wildman–Crippen LogP) is 4.20. The highest BCUT2D eigenvalue weighted by molar-refractivity contribution is 5.59. The summed E-state index contributed by atoms with van der Waals surface area (Å²) in [4.78, 5) is 0. The molecule has 4 heteroatoms. The van der Waals surface area contributed by atoms with Crippen molar-refractivity contribution in [1.82, 2.24) is 0 Å². The standard InChI is InChI=1S/C16H17F2NO/c1-10-7-8-14(11(2)16(10)20-3)19-9-12-5-4-6-13(17)15(12)18/h4-8,19H,9H2,1-3H3. The molecule has 0 bridgehead atoms. The Morgan fingerprint density at radius 3 is 2.55 bits per heavy atom. The third-order valence-electron chi connectivity index (χ3n) is 3.31. The van der Waals surface area contributed by atoms with Crippen LogP contribution in [0, 0.1) is 25.5 Å². The predicted molar refractivity (Wildman–Crippen MR) is 76.2 cm³/mol. The van der Waals surface area contributed by atoms with Gasteiger partial charge in [-0.05, 0) is 31.5 Å². The average Bonchev–Trinajstić information content (AvgIpc) is 2.43. The zero-order chi connectivity index (χ0) is 14.7. The second kappa shape index (κ2) is 5.90. The molecule has 2 nitrogen and oxygen atoms in total. The van der Waals surface area contributed by atoms with Gasteiger partial charge in [-0.2, -0.15) is 0 Å². The molecule has 0 saturated carbocycles. The topological polar surface area (TPSA) is 21.3 Å². The maximum Gasteiger partial charge on any atom is 0.163 e. The van der Waals surface area contributed by atoms with Crippen LogP contribution in [0.25, 0.3) is 0 Å². The zero-order valence-electron chi connectivity index (χ0n) is 11.8. The van der Waals surface area contributed by atoms with E-state index in [1.54, 1.807) is 13.2 Å². The van der Waals surface area contributed by atoms with Crippen molar-refractivity contribution in [2.75, 3.05) is 12.4 Å². The average molecular weight is 277 g/mol. The van der Waals surface area contributed by atoms with Gasteiger partial charge in [-0.25, -0.2) is 8.78 Å². The third-order valence-corrected chi connectivity index (χ3v) is 3.31. The van der Waals surface area contributed by atoms with E-state index in [1.807, 2.05) is 26.0 Å². The number of methoxy groups -OCH3 is 1. The van der Waals surface area contributed by atoms with Crippen LogP contribution in [0.5, 0.6) is 5.75 Å². The van der Waals surface area contributed by atoms with Crippen LogP contribution in [0.3, 0.4) is 0 Å².